The van der Waals surface area contributed by atoms with Crippen molar-refractivity contribution in [2.24, 2.45) is 0 Å². The van der Waals surface area contributed by atoms with Gasteiger partial charge in [0.15, 0.2) is 0 Å². The zero-order valence-electron chi connectivity index (χ0n) is 13.6. The van der Waals surface area contributed by atoms with E-state index in [1.54, 1.807) is 36.1 Å². The van der Waals surface area contributed by atoms with Crippen LogP contribution in [-0.2, 0) is 14.8 Å². The fraction of sp³-hybridized carbons (Fsp3) is 0.533. The van der Waals surface area contributed by atoms with Crippen LogP contribution in [0.4, 0.5) is 5.69 Å². The van der Waals surface area contributed by atoms with Crippen LogP contribution in [0.15, 0.2) is 24.3 Å². The molecule has 1 heterocycles. The molecule has 128 valence electrons. The summed E-state index contributed by atoms with van der Waals surface area (Å²) in [5.41, 5.74) is 0.442. The molecule has 0 unspecified atom stereocenters. The molecular weight excluding hydrogens is 338 g/mol. The maximum absolute atomic E-state index is 12.7. The van der Waals surface area contributed by atoms with Gasteiger partial charge in [-0.1, -0.05) is 11.6 Å². The number of rotatable bonds is 4. The Kier molecular flexibility index (Phi) is 5.54. The Bertz CT molecular complexity index is 655. The van der Waals surface area contributed by atoms with Crippen LogP contribution in [0.5, 0.6) is 0 Å². The Morgan fingerprint density at radius 3 is 2.26 bits per heavy atom. The SMILES string of the molecule is C[C@@H](C(=O)N1CC[NH+](C)CC1)N(c1ccc(Cl)cc1)S(C)(=O)=O. The number of carbonyl (C=O) groups is 1. The lowest BCUT2D eigenvalue weighted by atomic mass is 10.2. The molecule has 1 fully saturated rings. The third-order valence-corrected chi connectivity index (χ3v) is 5.57. The first-order valence-corrected chi connectivity index (χ1v) is 9.78. The van der Waals surface area contributed by atoms with Crippen molar-refractivity contribution in [3.63, 3.8) is 0 Å². The standard InChI is InChI=1S/C15H22ClN3O3S/c1-12(15(20)18-10-8-17(2)9-11-18)19(23(3,21)22)14-6-4-13(16)5-7-14/h4-7,12H,8-11H2,1-3H3/p+1/t12-/m0/s1. The van der Waals surface area contributed by atoms with Crippen molar-refractivity contribution < 1.29 is 18.1 Å². The summed E-state index contributed by atoms with van der Waals surface area (Å²) in [6.45, 7) is 4.67. The molecule has 6 nitrogen and oxygen atoms in total. The van der Waals surface area contributed by atoms with E-state index in [2.05, 4.69) is 7.05 Å². The van der Waals surface area contributed by atoms with E-state index in [4.69, 9.17) is 11.6 Å². The summed E-state index contributed by atoms with van der Waals surface area (Å²) in [5.74, 6) is -0.169. The average Bonchev–Trinajstić information content (AvgIpc) is 2.48. The Hall–Kier alpha value is -1.31. The van der Waals surface area contributed by atoms with Gasteiger partial charge in [-0.2, -0.15) is 0 Å². The van der Waals surface area contributed by atoms with Crippen molar-refractivity contribution in [3.05, 3.63) is 29.3 Å². The summed E-state index contributed by atoms with van der Waals surface area (Å²) in [5, 5.41) is 0.517. The van der Waals surface area contributed by atoms with Crippen LogP contribution in [0.2, 0.25) is 5.02 Å². The Morgan fingerprint density at radius 1 is 1.26 bits per heavy atom. The Balaban J connectivity index is 2.25. The molecule has 1 saturated heterocycles. The molecule has 0 bridgehead atoms. The van der Waals surface area contributed by atoms with Crippen molar-refractivity contribution in [3.8, 4) is 0 Å². The summed E-state index contributed by atoms with van der Waals surface area (Å²) < 4.78 is 25.6. The molecule has 1 atom stereocenters. The predicted octanol–water partition coefficient (Wildman–Crippen LogP) is -0.149. The third kappa shape index (κ3) is 4.37. The Morgan fingerprint density at radius 2 is 1.78 bits per heavy atom. The van der Waals surface area contributed by atoms with Gasteiger partial charge in [0.1, 0.15) is 6.04 Å². The minimum Gasteiger partial charge on any atom is -0.334 e. The van der Waals surface area contributed by atoms with E-state index in [-0.39, 0.29) is 5.91 Å². The topological polar surface area (TPSA) is 62.1 Å². The molecule has 0 radical (unpaired) electrons. The Labute approximate surface area is 142 Å². The smallest absolute Gasteiger partial charge is 0.246 e. The first-order chi connectivity index (χ1) is 10.7. The van der Waals surface area contributed by atoms with Crippen molar-refractivity contribution in [2.75, 3.05) is 43.8 Å². The maximum Gasteiger partial charge on any atom is 0.246 e. The lowest BCUT2D eigenvalue weighted by Crippen LogP contribution is -3.12. The molecule has 1 aliphatic rings. The third-order valence-electron chi connectivity index (χ3n) is 4.08. The van der Waals surface area contributed by atoms with Gasteiger partial charge in [0.05, 0.1) is 45.2 Å². The number of amides is 1. The quantitative estimate of drug-likeness (QED) is 0.812. The summed E-state index contributed by atoms with van der Waals surface area (Å²) in [4.78, 5) is 15.8. The number of nitrogens with zero attached hydrogens (tertiary/aromatic N) is 2. The molecule has 23 heavy (non-hydrogen) atoms. The van der Waals surface area contributed by atoms with E-state index >= 15 is 0 Å². The van der Waals surface area contributed by atoms with E-state index in [1.807, 2.05) is 0 Å². The molecule has 1 aromatic rings. The highest BCUT2D eigenvalue weighted by molar-refractivity contribution is 7.92. The summed E-state index contributed by atoms with van der Waals surface area (Å²) in [6, 6.07) is 5.67. The van der Waals surface area contributed by atoms with Gasteiger partial charge in [-0.25, -0.2) is 8.42 Å². The number of hydrogen-bond donors (Lipinski definition) is 1. The molecule has 1 amide bonds. The molecule has 8 heteroatoms. The number of anilines is 1. The van der Waals surface area contributed by atoms with E-state index in [1.165, 1.54) is 4.90 Å². The summed E-state index contributed by atoms with van der Waals surface area (Å²) in [6.07, 6.45) is 1.11. The van der Waals surface area contributed by atoms with Crippen LogP contribution in [0.3, 0.4) is 0 Å². The van der Waals surface area contributed by atoms with Gasteiger partial charge in [0.25, 0.3) is 0 Å². The molecular formula is C15H23ClN3O3S+. The maximum atomic E-state index is 12.7. The zero-order valence-corrected chi connectivity index (χ0v) is 15.2. The second kappa shape index (κ2) is 7.07. The molecule has 0 aliphatic carbocycles. The van der Waals surface area contributed by atoms with Crippen molar-refractivity contribution in [1.82, 2.24) is 4.90 Å². The number of hydrogen-bond acceptors (Lipinski definition) is 3. The highest BCUT2D eigenvalue weighted by Gasteiger charge is 2.33. The first kappa shape index (κ1) is 18.0. The zero-order chi connectivity index (χ0) is 17.2. The molecule has 0 spiro atoms. The highest BCUT2D eigenvalue weighted by atomic mass is 35.5. The van der Waals surface area contributed by atoms with Gasteiger partial charge in [-0.3, -0.25) is 9.10 Å². The molecule has 1 N–H and O–H groups in total. The van der Waals surface area contributed by atoms with Gasteiger partial charge in [0, 0.05) is 5.02 Å². The number of halogens is 1. The fourth-order valence-corrected chi connectivity index (χ4v) is 4.06. The highest BCUT2D eigenvalue weighted by Crippen LogP contribution is 2.23. The molecule has 0 aromatic heterocycles. The second-order valence-electron chi connectivity index (χ2n) is 5.99. The van der Waals surface area contributed by atoms with Crippen LogP contribution in [0.1, 0.15) is 6.92 Å². The molecule has 1 aliphatic heterocycles. The monoisotopic (exact) mass is 360 g/mol. The van der Waals surface area contributed by atoms with Crippen molar-refractivity contribution in [1.29, 1.82) is 0 Å². The first-order valence-electron chi connectivity index (χ1n) is 7.55. The number of carbonyl (C=O) groups excluding carboxylic acids is 1. The van der Waals surface area contributed by atoms with Gasteiger partial charge in [-0.05, 0) is 31.2 Å². The minimum atomic E-state index is -3.59. The van der Waals surface area contributed by atoms with E-state index in [0.29, 0.717) is 23.8 Å². The van der Waals surface area contributed by atoms with Crippen LogP contribution >= 0.6 is 11.6 Å². The largest absolute Gasteiger partial charge is 0.334 e. The van der Waals surface area contributed by atoms with Crippen LogP contribution in [0, 0.1) is 0 Å². The lowest BCUT2D eigenvalue weighted by Gasteiger charge is -2.35. The number of piperazine rings is 1. The molecule has 2 rings (SSSR count). The molecule has 0 saturated carbocycles. The van der Waals surface area contributed by atoms with Crippen LogP contribution < -0.4 is 9.21 Å². The van der Waals surface area contributed by atoms with Crippen LogP contribution in [0.25, 0.3) is 0 Å². The van der Waals surface area contributed by atoms with Gasteiger partial charge in [0.2, 0.25) is 15.9 Å². The van der Waals surface area contributed by atoms with E-state index < -0.39 is 16.1 Å². The van der Waals surface area contributed by atoms with E-state index in [0.717, 1.165) is 23.7 Å². The molecule has 1 aromatic carbocycles. The van der Waals surface area contributed by atoms with Gasteiger partial charge < -0.3 is 9.80 Å². The number of benzene rings is 1. The van der Waals surface area contributed by atoms with Gasteiger partial charge in [-0.15, -0.1) is 0 Å². The minimum absolute atomic E-state index is 0.169. The number of likely N-dealkylation sites (N-methyl/N-ethyl adjacent to an activating group) is 1. The number of nitrogens with one attached hydrogen (secondary N) is 1. The summed E-state index contributed by atoms with van der Waals surface area (Å²) in [7, 11) is -1.50. The van der Waals surface area contributed by atoms with Crippen molar-refractivity contribution >= 4 is 33.2 Å². The summed E-state index contributed by atoms with van der Waals surface area (Å²) >= 11 is 5.86. The predicted molar refractivity (Wildman–Crippen MR) is 91.4 cm³/mol. The van der Waals surface area contributed by atoms with Crippen molar-refractivity contribution in [2.45, 2.75) is 13.0 Å². The lowest BCUT2D eigenvalue weighted by molar-refractivity contribution is -0.883. The normalized spacial score (nSPS) is 17.8. The van der Waals surface area contributed by atoms with E-state index in [9.17, 15) is 13.2 Å². The number of quaternary nitrogens is 1. The van der Waals surface area contributed by atoms with Gasteiger partial charge >= 0.3 is 0 Å². The second-order valence-corrected chi connectivity index (χ2v) is 8.29. The average molecular weight is 361 g/mol. The van der Waals surface area contributed by atoms with Crippen LogP contribution in [-0.4, -0.2) is 64.7 Å². The fourth-order valence-electron chi connectivity index (χ4n) is 2.76. The number of sulfonamides is 1.